The summed E-state index contributed by atoms with van der Waals surface area (Å²) in [5.74, 6) is 0.0932. The molecule has 1 heterocycles. The highest BCUT2D eigenvalue weighted by molar-refractivity contribution is 7.89. The van der Waals surface area contributed by atoms with Crippen molar-refractivity contribution in [1.82, 2.24) is 3.97 Å². The zero-order valence-electron chi connectivity index (χ0n) is 12.7. The van der Waals surface area contributed by atoms with E-state index < -0.39 is 10.0 Å². The minimum atomic E-state index is -3.40. The number of aryl methyl sites for hydroxylation is 1. The lowest BCUT2D eigenvalue weighted by molar-refractivity contribution is 0.0963. The van der Waals surface area contributed by atoms with E-state index in [1.54, 1.807) is 6.20 Å². The summed E-state index contributed by atoms with van der Waals surface area (Å²) < 4.78 is 25.4. The molecule has 0 bridgehead atoms. The molecule has 0 saturated heterocycles. The first-order chi connectivity index (χ1) is 10.4. The Balaban J connectivity index is 2.13. The topological polar surface area (TPSA) is 56.1 Å². The SMILES string of the molecule is CCc1cn(S(C)(=O)=O)c2c1C(=O)CC(c1ccccc1)C2. The average molecular weight is 317 g/mol. The largest absolute Gasteiger partial charge is 0.294 e. The number of ketones is 1. The van der Waals surface area contributed by atoms with Crippen LogP contribution in [0.15, 0.2) is 36.5 Å². The third kappa shape index (κ3) is 2.50. The summed E-state index contributed by atoms with van der Waals surface area (Å²) in [4.78, 5) is 12.6. The zero-order chi connectivity index (χ0) is 15.9. The van der Waals surface area contributed by atoms with Crippen LogP contribution in [0.1, 0.15) is 46.4 Å². The third-order valence-electron chi connectivity index (χ3n) is 4.31. The van der Waals surface area contributed by atoms with E-state index in [0.29, 0.717) is 30.5 Å². The van der Waals surface area contributed by atoms with Crippen molar-refractivity contribution < 1.29 is 13.2 Å². The molecular weight excluding hydrogens is 298 g/mol. The highest BCUT2D eigenvalue weighted by Crippen LogP contribution is 2.35. The molecule has 1 aliphatic rings. The summed E-state index contributed by atoms with van der Waals surface area (Å²) in [5.41, 5.74) is 3.18. The first kappa shape index (κ1) is 15.0. The second-order valence-corrected chi connectivity index (χ2v) is 7.69. The van der Waals surface area contributed by atoms with E-state index in [2.05, 4.69) is 0 Å². The molecule has 0 fully saturated rings. The van der Waals surface area contributed by atoms with Crippen molar-refractivity contribution in [3.05, 3.63) is 58.9 Å². The quantitative estimate of drug-likeness (QED) is 0.874. The van der Waals surface area contributed by atoms with E-state index in [4.69, 9.17) is 0 Å². The Morgan fingerprint density at radius 3 is 2.45 bits per heavy atom. The fourth-order valence-corrected chi connectivity index (χ4v) is 4.15. The summed E-state index contributed by atoms with van der Waals surface area (Å²) in [6.45, 7) is 1.94. The molecule has 22 heavy (non-hydrogen) atoms. The van der Waals surface area contributed by atoms with Crippen LogP contribution in [0.3, 0.4) is 0 Å². The van der Waals surface area contributed by atoms with Gasteiger partial charge in [0.1, 0.15) is 0 Å². The van der Waals surface area contributed by atoms with Crippen LogP contribution >= 0.6 is 0 Å². The van der Waals surface area contributed by atoms with Crippen molar-refractivity contribution in [2.24, 2.45) is 0 Å². The van der Waals surface area contributed by atoms with Gasteiger partial charge in [-0.25, -0.2) is 12.4 Å². The molecule has 0 N–H and O–H groups in total. The molecule has 1 atom stereocenters. The summed E-state index contributed by atoms with van der Waals surface area (Å²) in [5, 5.41) is 0. The van der Waals surface area contributed by atoms with Gasteiger partial charge in [0.25, 0.3) is 0 Å². The van der Waals surface area contributed by atoms with Crippen LogP contribution in [0.4, 0.5) is 0 Å². The van der Waals surface area contributed by atoms with Gasteiger partial charge in [0.2, 0.25) is 10.0 Å². The fraction of sp³-hybridized carbons (Fsp3) is 0.353. The molecule has 0 saturated carbocycles. The van der Waals surface area contributed by atoms with Crippen LogP contribution in [-0.2, 0) is 22.9 Å². The van der Waals surface area contributed by atoms with E-state index in [1.165, 1.54) is 10.2 Å². The molecular formula is C17H19NO3S. The number of carbonyl (C=O) groups excluding carboxylic acids is 1. The molecule has 3 rings (SSSR count). The van der Waals surface area contributed by atoms with Gasteiger partial charge >= 0.3 is 0 Å². The summed E-state index contributed by atoms with van der Waals surface area (Å²) in [7, 11) is -3.40. The Labute approximate surface area is 130 Å². The molecule has 0 radical (unpaired) electrons. The summed E-state index contributed by atoms with van der Waals surface area (Å²) >= 11 is 0. The zero-order valence-corrected chi connectivity index (χ0v) is 13.6. The van der Waals surface area contributed by atoms with E-state index >= 15 is 0 Å². The minimum Gasteiger partial charge on any atom is -0.294 e. The highest BCUT2D eigenvalue weighted by atomic mass is 32.2. The summed E-state index contributed by atoms with van der Waals surface area (Å²) in [6, 6.07) is 9.83. The molecule has 0 spiro atoms. The summed E-state index contributed by atoms with van der Waals surface area (Å²) in [6.07, 6.45) is 4.48. The number of fused-ring (bicyclic) bond motifs is 1. The average Bonchev–Trinajstić information content (AvgIpc) is 2.87. The normalized spacial score (nSPS) is 18.3. The van der Waals surface area contributed by atoms with Gasteiger partial charge < -0.3 is 0 Å². The van der Waals surface area contributed by atoms with E-state index in [9.17, 15) is 13.2 Å². The smallest absolute Gasteiger partial charge is 0.235 e. The Hall–Kier alpha value is -1.88. The van der Waals surface area contributed by atoms with Gasteiger partial charge in [-0.3, -0.25) is 4.79 Å². The first-order valence-electron chi connectivity index (χ1n) is 7.43. The van der Waals surface area contributed by atoms with E-state index in [0.717, 1.165) is 11.1 Å². The lowest BCUT2D eigenvalue weighted by atomic mass is 9.81. The predicted molar refractivity (Wildman–Crippen MR) is 85.9 cm³/mol. The third-order valence-corrected chi connectivity index (χ3v) is 5.35. The Morgan fingerprint density at radius 2 is 1.86 bits per heavy atom. The van der Waals surface area contributed by atoms with Crippen LogP contribution in [0.5, 0.6) is 0 Å². The molecule has 4 nitrogen and oxygen atoms in total. The van der Waals surface area contributed by atoms with Gasteiger partial charge in [-0.05, 0) is 29.9 Å². The highest BCUT2D eigenvalue weighted by Gasteiger charge is 2.32. The van der Waals surface area contributed by atoms with Gasteiger partial charge in [0.15, 0.2) is 5.78 Å². The van der Waals surface area contributed by atoms with Crippen LogP contribution in [0.25, 0.3) is 0 Å². The van der Waals surface area contributed by atoms with Gasteiger partial charge in [-0.2, -0.15) is 0 Å². The van der Waals surface area contributed by atoms with E-state index in [-0.39, 0.29) is 11.7 Å². The standard InChI is InChI=1S/C17H19NO3S/c1-3-12-11-18(22(2,20)21)15-9-14(10-16(19)17(12)15)13-7-5-4-6-8-13/h4-8,11,14H,3,9-10H2,1-2H3. The Kier molecular flexibility index (Phi) is 3.68. The Morgan fingerprint density at radius 1 is 1.18 bits per heavy atom. The first-order valence-corrected chi connectivity index (χ1v) is 9.28. The van der Waals surface area contributed by atoms with Gasteiger partial charge in [-0.1, -0.05) is 37.3 Å². The molecule has 1 aliphatic carbocycles. The second-order valence-electron chi connectivity index (χ2n) is 5.83. The van der Waals surface area contributed by atoms with Crippen LogP contribution in [-0.4, -0.2) is 24.4 Å². The Bertz CT molecular complexity index is 819. The number of rotatable bonds is 3. The minimum absolute atomic E-state index is 0.0429. The number of hydrogen-bond acceptors (Lipinski definition) is 3. The number of benzene rings is 1. The maximum Gasteiger partial charge on any atom is 0.235 e. The maximum atomic E-state index is 12.6. The lowest BCUT2D eigenvalue weighted by Gasteiger charge is -2.23. The van der Waals surface area contributed by atoms with Crippen LogP contribution in [0.2, 0.25) is 0 Å². The van der Waals surface area contributed by atoms with Crippen molar-refractivity contribution in [2.45, 2.75) is 32.1 Å². The maximum absolute atomic E-state index is 12.6. The second kappa shape index (κ2) is 5.39. The number of aromatic nitrogens is 1. The van der Waals surface area contributed by atoms with Crippen LogP contribution < -0.4 is 0 Å². The molecule has 1 aromatic carbocycles. The molecule has 2 aromatic rings. The van der Waals surface area contributed by atoms with Gasteiger partial charge in [0.05, 0.1) is 6.26 Å². The van der Waals surface area contributed by atoms with Crippen molar-refractivity contribution in [3.8, 4) is 0 Å². The number of Topliss-reactive ketones (excluding diaryl/α,β-unsaturated/α-hetero) is 1. The van der Waals surface area contributed by atoms with Gasteiger partial charge in [-0.15, -0.1) is 0 Å². The van der Waals surface area contributed by atoms with Crippen LogP contribution in [0, 0.1) is 0 Å². The number of carbonyl (C=O) groups is 1. The van der Waals surface area contributed by atoms with E-state index in [1.807, 2.05) is 37.3 Å². The van der Waals surface area contributed by atoms with Gasteiger partial charge in [0, 0.05) is 23.9 Å². The van der Waals surface area contributed by atoms with Crippen molar-refractivity contribution in [2.75, 3.05) is 6.26 Å². The molecule has 0 amide bonds. The number of hydrogen-bond donors (Lipinski definition) is 0. The molecule has 0 aliphatic heterocycles. The molecule has 5 heteroatoms. The molecule has 1 aromatic heterocycles. The monoisotopic (exact) mass is 317 g/mol. The lowest BCUT2D eigenvalue weighted by Crippen LogP contribution is -2.23. The fourth-order valence-electron chi connectivity index (χ4n) is 3.27. The van der Waals surface area contributed by atoms with Crippen molar-refractivity contribution in [1.29, 1.82) is 0 Å². The van der Waals surface area contributed by atoms with Crippen molar-refractivity contribution >= 4 is 15.8 Å². The molecule has 1 unspecified atom stereocenters. The molecule has 116 valence electrons. The predicted octanol–water partition coefficient (Wildman–Crippen LogP) is 2.77. The van der Waals surface area contributed by atoms with Crippen molar-refractivity contribution in [3.63, 3.8) is 0 Å². The number of nitrogens with zero attached hydrogens (tertiary/aromatic N) is 1.